The van der Waals surface area contributed by atoms with Crippen LogP contribution >= 0.6 is 0 Å². The number of benzene rings is 1. The van der Waals surface area contributed by atoms with Crippen LogP contribution in [0.2, 0.25) is 0 Å². The summed E-state index contributed by atoms with van der Waals surface area (Å²) < 4.78 is 5.73. The van der Waals surface area contributed by atoms with Crippen LogP contribution in [0.4, 0.5) is 0 Å². The molecule has 0 spiro atoms. The average Bonchev–Trinajstić information content (AvgIpc) is 2.45. The maximum Gasteiger partial charge on any atom is 0.0916 e. The third kappa shape index (κ3) is 4.53. The first-order valence-corrected chi connectivity index (χ1v) is 8.15. The molecule has 0 bridgehead atoms. The van der Waals surface area contributed by atoms with E-state index in [1.54, 1.807) is 0 Å². The summed E-state index contributed by atoms with van der Waals surface area (Å²) in [5.41, 5.74) is 2.36. The fraction of sp³-hybridized carbons (Fsp3) is 0.667. The fourth-order valence-corrected chi connectivity index (χ4v) is 3.07. The molecule has 4 unspecified atom stereocenters. The first-order valence-electron chi connectivity index (χ1n) is 8.15. The van der Waals surface area contributed by atoms with Crippen LogP contribution in [0.1, 0.15) is 57.3 Å². The first-order chi connectivity index (χ1) is 9.99. The summed E-state index contributed by atoms with van der Waals surface area (Å²) in [5.74, 6) is 0.581. The minimum atomic E-state index is -0.423. The van der Waals surface area contributed by atoms with Gasteiger partial charge in [-0.3, -0.25) is 4.90 Å². The topological polar surface area (TPSA) is 32.7 Å². The monoisotopic (exact) mass is 291 g/mol. The number of hydrogen-bond donors (Lipinski definition) is 1. The van der Waals surface area contributed by atoms with Crippen molar-refractivity contribution in [3.63, 3.8) is 0 Å². The van der Waals surface area contributed by atoms with Crippen molar-refractivity contribution in [3.05, 3.63) is 35.4 Å². The number of nitrogens with zero attached hydrogens (tertiary/aromatic N) is 1. The standard InChI is InChI=1S/C18H29NO2/c1-5-13(2)16-6-8-17(9-7-16)18(20)12-19-10-14(3)21-15(4)11-19/h6-9,13-15,18,20H,5,10-12H2,1-4H3. The molecule has 3 heteroatoms. The van der Waals surface area contributed by atoms with Gasteiger partial charge < -0.3 is 9.84 Å². The minimum absolute atomic E-state index is 0.244. The summed E-state index contributed by atoms with van der Waals surface area (Å²) in [6.07, 6.45) is 1.21. The van der Waals surface area contributed by atoms with Crippen LogP contribution in [0.25, 0.3) is 0 Å². The summed E-state index contributed by atoms with van der Waals surface area (Å²) in [6.45, 7) is 11.1. The molecule has 21 heavy (non-hydrogen) atoms. The van der Waals surface area contributed by atoms with Gasteiger partial charge in [-0.15, -0.1) is 0 Å². The number of aliphatic hydroxyl groups excluding tert-OH is 1. The zero-order valence-electron chi connectivity index (χ0n) is 13.7. The van der Waals surface area contributed by atoms with E-state index in [-0.39, 0.29) is 12.2 Å². The molecule has 3 nitrogen and oxygen atoms in total. The molecule has 1 aromatic rings. The molecule has 1 aliphatic heterocycles. The van der Waals surface area contributed by atoms with E-state index in [2.05, 4.69) is 56.9 Å². The van der Waals surface area contributed by atoms with Gasteiger partial charge in [0.05, 0.1) is 18.3 Å². The molecule has 1 heterocycles. The Kier molecular flexibility index (Phi) is 5.80. The molecule has 0 aliphatic carbocycles. The predicted molar refractivity (Wildman–Crippen MR) is 86.6 cm³/mol. The molecule has 2 rings (SSSR count). The molecular weight excluding hydrogens is 262 g/mol. The second kappa shape index (κ2) is 7.39. The van der Waals surface area contributed by atoms with Crippen LogP contribution in [-0.4, -0.2) is 41.8 Å². The summed E-state index contributed by atoms with van der Waals surface area (Å²) in [6, 6.07) is 8.44. The van der Waals surface area contributed by atoms with Gasteiger partial charge in [0.1, 0.15) is 0 Å². The molecule has 0 saturated carbocycles. The Balaban J connectivity index is 1.95. The van der Waals surface area contributed by atoms with Crippen LogP contribution in [0.15, 0.2) is 24.3 Å². The normalized spacial score (nSPS) is 26.5. The first kappa shape index (κ1) is 16.5. The van der Waals surface area contributed by atoms with Gasteiger partial charge in [0, 0.05) is 19.6 Å². The maximum atomic E-state index is 10.4. The molecule has 118 valence electrons. The fourth-order valence-electron chi connectivity index (χ4n) is 3.07. The maximum absolute atomic E-state index is 10.4. The van der Waals surface area contributed by atoms with Gasteiger partial charge in [-0.1, -0.05) is 38.1 Å². The Bertz CT molecular complexity index is 421. The predicted octanol–water partition coefficient (Wildman–Crippen LogP) is 3.34. The van der Waals surface area contributed by atoms with Gasteiger partial charge in [0.15, 0.2) is 0 Å². The highest BCUT2D eigenvalue weighted by atomic mass is 16.5. The van der Waals surface area contributed by atoms with Gasteiger partial charge in [-0.05, 0) is 37.3 Å². The van der Waals surface area contributed by atoms with Crippen LogP contribution in [0.5, 0.6) is 0 Å². The van der Waals surface area contributed by atoms with Gasteiger partial charge >= 0.3 is 0 Å². The van der Waals surface area contributed by atoms with Crippen molar-refractivity contribution in [1.82, 2.24) is 4.90 Å². The van der Waals surface area contributed by atoms with Gasteiger partial charge in [-0.25, -0.2) is 0 Å². The lowest BCUT2D eigenvalue weighted by Crippen LogP contribution is -2.46. The zero-order chi connectivity index (χ0) is 15.4. The van der Waals surface area contributed by atoms with Gasteiger partial charge in [0.2, 0.25) is 0 Å². The summed E-state index contributed by atoms with van der Waals surface area (Å²) in [4.78, 5) is 2.30. The Morgan fingerprint density at radius 1 is 1.14 bits per heavy atom. The number of aliphatic hydroxyl groups is 1. The van der Waals surface area contributed by atoms with Crippen molar-refractivity contribution in [1.29, 1.82) is 0 Å². The van der Waals surface area contributed by atoms with E-state index >= 15 is 0 Å². The number of β-amino-alcohol motifs (C(OH)–C–C–N with tert-alkyl or cyclic N) is 1. The number of hydrogen-bond acceptors (Lipinski definition) is 3. The van der Waals surface area contributed by atoms with E-state index in [1.807, 2.05) is 0 Å². The molecule has 1 saturated heterocycles. The third-order valence-corrected chi connectivity index (χ3v) is 4.43. The molecule has 0 aromatic heterocycles. The van der Waals surface area contributed by atoms with E-state index in [1.165, 1.54) is 5.56 Å². The molecule has 0 radical (unpaired) electrons. The highest BCUT2D eigenvalue weighted by molar-refractivity contribution is 5.26. The average molecular weight is 291 g/mol. The summed E-state index contributed by atoms with van der Waals surface area (Å²) >= 11 is 0. The van der Waals surface area contributed by atoms with E-state index < -0.39 is 6.10 Å². The molecule has 1 aliphatic rings. The number of morpholine rings is 1. The van der Waals surface area contributed by atoms with Crippen molar-refractivity contribution >= 4 is 0 Å². The van der Waals surface area contributed by atoms with Gasteiger partial charge in [0.25, 0.3) is 0 Å². The number of ether oxygens (including phenoxy) is 1. The zero-order valence-corrected chi connectivity index (χ0v) is 13.7. The smallest absolute Gasteiger partial charge is 0.0916 e. The van der Waals surface area contributed by atoms with Crippen molar-refractivity contribution in [2.24, 2.45) is 0 Å². The van der Waals surface area contributed by atoms with Crippen molar-refractivity contribution in [2.45, 2.75) is 58.3 Å². The molecule has 4 atom stereocenters. The van der Waals surface area contributed by atoms with Crippen LogP contribution in [0.3, 0.4) is 0 Å². The van der Waals surface area contributed by atoms with Crippen LogP contribution in [0, 0.1) is 0 Å². The summed E-state index contributed by atoms with van der Waals surface area (Å²) in [7, 11) is 0. The largest absolute Gasteiger partial charge is 0.387 e. The van der Waals surface area contributed by atoms with Gasteiger partial charge in [-0.2, -0.15) is 0 Å². The molecular formula is C18H29NO2. The van der Waals surface area contributed by atoms with E-state index in [0.717, 1.165) is 25.1 Å². The Morgan fingerprint density at radius 2 is 1.67 bits per heavy atom. The van der Waals surface area contributed by atoms with E-state index in [0.29, 0.717) is 12.5 Å². The highest BCUT2D eigenvalue weighted by Gasteiger charge is 2.24. The van der Waals surface area contributed by atoms with Crippen molar-refractivity contribution < 1.29 is 9.84 Å². The summed E-state index contributed by atoms with van der Waals surface area (Å²) in [5, 5.41) is 10.4. The molecule has 1 aromatic carbocycles. The second-order valence-electron chi connectivity index (χ2n) is 6.47. The molecule has 1 N–H and O–H groups in total. The lowest BCUT2D eigenvalue weighted by molar-refractivity contribution is -0.0767. The Hall–Kier alpha value is -0.900. The van der Waals surface area contributed by atoms with Crippen LogP contribution in [-0.2, 0) is 4.74 Å². The van der Waals surface area contributed by atoms with Crippen molar-refractivity contribution in [2.75, 3.05) is 19.6 Å². The molecule has 0 amide bonds. The SMILES string of the molecule is CCC(C)c1ccc(C(O)CN2CC(C)OC(C)C2)cc1. The number of rotatable bonds is 5. The Labute approximate surface area is 128 Å². The third-order valence-electron chi connectivity index (χ3n) is 4.43. The minimum Gasteiger partial charge on any atom is -0.387 e. The molecule has 1 fully saturated rings. The quantitative estimate of drug-likeness (QED) is 0.903. The lowest BCUT2D eigenvalue weighted by Gasteiger charge is -2.36. The van der Waals surface area contributed by atoms with Crippen molar-refractivity contribution in [3.8, 4) is 0 Å². The van der Waals surface area contributed by atoms with Crippen LogP contribution < -0.4 is 0 Å². The highest BCUT2D eigenvalue weighted by Crippen LogP contribution is 2.22. The second-order valence-corrected chi connectivity index (χ2v) is 6.47. The van der Waals surface area contributed by atoms with E-state index in [4.69, 9.17) is 4.74 Å². The van der Waals surface area contributed by atoms with E-state index in [9.17, 15) is 5.11 Å². The Morgan fingerprint density at radius 3 is 2.19 bits per heavy atom. The lowest BCUT2D eigenvalue weighted by atomic mass is 9.96.